The Morgan fingerprint density at radius 2 is 1.88 bits per heavy atom. The van der Waals surface area contributed by atoms with E-state index in [4.69, 9.17) is 25.6 Å². The van der Waals surface area contributed by atoms with E-state index in [9.17, 15) is 9.59 Å². The zero-order chi connectivity index (χ0) is 22.1. The summed E-state index contributed by atoms with van der Waals surface area (Å²) in [4.78, 5) is 26.6. The molecule has 5 rings (SSSR count). The molecule has 2 aliphatic rings. The number of carbonyl (C=O) groups excluding carboxylic acids is 2. The summed E-state index contributed by atoms with van der Waals surface area (Å²) < 4.78 is 16.6. The first-order valence-corrected chi connectivity index (χ1v) is 10.6. The summed E-state index contributed by atoms with van der Waals surface area (Å²) in [6.07, 6.45) is 0.162. The second kappa shape index (κ2) is 8.55. The lowest BCUT2D eigenvalue weighted by atomic mass is 10.1. The van der Waals surface area contributed by atoms with Crippen molar-refractivity contribution in [2.75, 3.05) is 24.7 Å². The maximum Gasteiger partial charge on any atom is 0.227 e. The van der Waals surface area contributed by atoms with Crippen molar-refractivity contribution in [2.45, 2.75) is 13.0 Å². The van der Waals surface area contributed by atoms with E-state index in [-0.39, 0.29) is 24.8 Å². The van der Waals surface area contributed by atoms with Crippen LogP contribution in [0.1, 0.15) is 12.1 Å². The predicted octanol–water partition coefficient (Wildman–Crippen LogP) is 3.44. The minimum absolute atomic E-state index is 0.0881. The number of aromatic nitrogens is 1. The van der Waals surface area contributed by atoms with Gasteiger partial charge in [0.2, 0.25) is 11.8 Å². The first kappa shape index (κ1) is 20.4. The van der Waals surface area contributed by atoms with Crippen molar-refractivity contribution >= 4 is 29.1 Å². The van der Waals surface area contributed by atoms with Gasteiger partial charge in [0, 0.05) is 35.3 Å². The van der Waals surface area contributed by atoms with E-state index >= 15 is 0 Å². The van der Waals surface area contributed by atoms with E-state index in [1.165, 1.54) is 0 Å². The van der Waals surface area contributed by atoms with Crippen LogP contribution in [-0.2, 0) is 16.1 Å². The second-order valence-corrected chi connectivity index (χ2v) is 8.08. The normalized spacial score (nSPS) is 17.5. The van der Waals surface area contributed by atoms with Crippen molar-refractivity contribution in [1.29, 1.82) is 0 Å². The zero-order valence-corrected chi connectivity index (χ0v) is 17.8. The summed E-state index contributed by atoms with van der Waals surface area (Å²) in [5.41, 5.74) is 2.12. The molecule has 1 N–H and O–H groups in total. The average Bonchev–Trinajstić information content (AvgIpc) is 3.45. The van der Waals surface area contributed by atoms with Crippen LogP contribution in [0.2, 0.25) is 5.02 Å². The Bertz CT molecular complexity index is 1160. The lowest BCUT2D eigenvalue weighted by molar-refractivity contribution is -0.126. The van der Waals surface area contributed by atoms with Crippen LogP contribution in [0.4, 0.5) is 5.69 Å². The Labute approximate surface area is 189 Å². The molecule has 0 bridgehead atoms. The Hall–Kier alpha value is -3.52. The van der Waals surface area contributed by atoms with E-state index in [1.54, 1.807) is 35.2 Å². The molecule has 2 aliphatic heterocycles. The summed E-state index contributed by atoms with van der Waals surface area (Å²) in [5.74, 6) is 1.22. The molecule has 0 saturated carbocycles. The maximum atomic E-state index is 12.6. The molecule has 0 aliphatic carbocycles. The average molecular weight is 454 g/mol. The highest BCUT2D eigenvalue weighted by Gasteiger charge is 2.35. The van der Waals surface area contributed by atoms with Crippen LogP contribution in [0.25, 0.3) is 11.3 Å². The molecule has 0 spiro atoms. The third-order valence-corrected chi connectivity index (χ3v) is 5.72. The molecule has 164 valence electrons. The van der Waals surface area contributed by atoms with E-state index in [2.05, 4.69) is 10.5 Å². The number of ether oxygens (including phenoxy) is 2. The fourth-order valence-corrected chi connectivity index (χ4v) is 3.93. The molecule has 3 aromatic rings. The lowest BCUT2D eigenvalue weighted by Gasteiger charge is -2.18. The number of anilines is 1. The van der Waals surface area contributed by atoms with Gasteiger partial charge in [-0.2, -0.15) is 0 Å². The largest absolute Gasteiger partial charge is 0.486 e. The van der Waals surface area contributed by atoms with Crippen LogP contribution in [0.5, 0.6) is 11.5 Å². The molecule has 0 radical (unpaired) electrons. The fraction of sp³-hybridized carbons (Fsp3) is 0.261. The molecule has 1 aromatic heterocycles. The second-order valence-electron chi connectivity index (χ2n) is 7.64. The molecule has 2 aromatic carbocycles. The van der Waals surface area contributed by atoms with Crippen LogP contribution in [-0.4, -0.2) is 36.7 Å². The summed E-state index contributed by atoms with van der Waals surface area (Å²) >= 11 is 5.91. The van der Waals surface area contributed by atoms with Gasteiger partial charge < -0.3 is 24.2 Å². The van der Waals surface area contributed by atoms with Crippen molar-refractivity contribution < 1.29 is 23.6 Å². The third kappa shape index (κ3) is 4.13. The third-order valence-electron chi connectivity index (χ3n) is 5.46. The van der Waals surface area contributed by atoms with Gasteiger partial charge in [-0.05, 0) is 42.5 Å². The number of halogens is 1. The Morgan fingerprint density at radius 3 is 2.69 bits per heavy atom. The maximum absolute atomic E-state index is 12.6. The van der Waals surface area contributed by atoms with Gasteiger partial charge in [0.25, 0.3) is 0 Å². The van der Waals surface area contributed by atoms with Crippen LogP contribution >= 0.6 is 11.6 Å². The number of amides is 2. The predicted molar refractivity (Wildman–Crippen MR) is 117 cm³/mol. The molecule has 32 heavy (non-hydrogen) atoms. The SMILES string of the molecule is O=C(NCc1cc(-c2ccc3c(c2)OCCO3)on1)C1CC(=O)N(c2ccc(Cl)cc2)C1. The zero-order valence-electron chi connectivity index (χ0n) is 17.0. The number of nitrogens with one attached hydrogen (secondary N) is 1. The standard InChI is InChI=1S/C23H20ClN3O5/c24-16-2-4-18(5-3-16)27-13-15(10-22(27)28)23(29)25-12-17-11-20(32-26-17)14-1-6-19-21(9-14)31-8-7-30-19/h1-6,9,11,15H,7-8,10,12-13H2,(H,25,29). The van der Waals surface area contributed by atoms with Crippen LogP contribution in [0, 0.1) is 5.92 Å². The van der Waals surface area contributed by atoms with Crippen molar-refractivity contribution in [3.05, 3.63) is 59.2 Å². The van der Waals surface area contributed by atoms with Gasteiger partial charge in [-0.3, -0.25) is 9.59 Å². The summed E-state index contributed by atoms with van der Waals surface area (Å²) in [7, 11) is 0. The Balaban J connectivity index is 1.19. The van der Waals surface area contributed by atoms with E-state index in [0.29, 0.717) is 47.7 Å². The smallest absolute Gasteiger partial charge is 0.227 e. The molecule has 1 atom stereocenters. The van der Waals surface area contributed by atoms with Gasteiger partial charge in [-0.1, -0.05) is 16.8 Å². The number of benzene rings is 2. The Morgan fingerprint density at radius 1 is 1.09 bits per heavy atom. The molecule has 2 amide bonds. The molecular weight excluding hydrogens is 434 g/mol. The summed E-state index contributed by atoms with van der Waals surface area (Å²) in [6.45, 7) is 1.57. The molecule has 1 unspecified atom stereocenters. The van der Waals surface area contributed by atoms with Crippen molar-refractivity contribution in [2.24, 2.45) is 5.92 Å². The van der Waals surface area contributed by atoms with Gasteiger partial charge in [-0.25, -0.2) is 0 Å². The number of hydrogen-bond donors (Lipinski definition) is 1. The lowest BCUT2D eigenvalue weighted by Crippen LogP contribution is -2.32. The number of hydrogen-bond acceptors (Lipinski definition) is 6. The van der Waals surface area contributed by atoms with Crippen molar-refractivity contribution in [3.8, 4) is 22.8 Å². The van der Waals surface area contributed by atoms with Gasteiger partial charge in [0.15, 0.2) is 17.3 Å². The van der Waals surface area contributed by atoms with Crippen LogP contribution < -0.4 is 19.7 Å². The minimum atomic E-state index is -0.428. The van der Waals surface area contributed by atoms with E-state index in [0.717, 1.165) is 11.3 Å². The highest BCUT2D eigenvalue weighted by atomic mass is 35.5. The molecule has 1 fully saturated rings. The molecule has 3 heterocycles. The van der Waals surface area contributed by atoms with Crippen molar-refractivity contribution in [1.82, 2.24) is 10.5 Å². The number of rotatable bonds is 5. The first-order valence-electron chi connectivity index (χ1n) is 10.3. The molecular formula is C23H20ClN3O5. The van der Waals surface area contributed by atoms with Crippen LogP contribution in [0.15, 0.2) is 53.1 Å². The highest BCUT2D eigenvalue weighted by Crippen LogP contribution is 2.34. The monoisotopic (exact) mass is 453 g/mol. The number of fused-ring (bicyclic) bond motifs is 1. The first-order chi connectivity index (χ1) is 15.6. The highest BCUT2D eigenvalue weighted by molar-refractivity contribution is 6.30. The van der Waals surface area contributed by atoms with E-state index in [1.807, 2.05) is 18.2 Å². The summed E-state index contributed by atoms with van der Waals surface area (Å²) in [6, 6.07) is 14.3. The molecule has 1 saturated heterocycles. The van der Waals surface area contributed by atoms with Crippen molar-refractivity contribution in [3.63, 3.8) is 0 Å². The van der Waals surface area contributed by atoms with Gasteiger partial charge in [0.1, 0.15) is 18.9 Å². The van der Waals surface area contributed by atoms with Gasteiger partial charge >= 0.3 is 0 Å². The van der Waals surface area contributed by atoms with Gasteiger partial charge in [-0.15, -0.1) is 0 Å². The number of carbonyl (C=O) groups is 2. The Kier molecular flexibility index (Phi) is 5.45. The minimum Gasteiger partial charge on any atom is -0.486 e. The number of nitrogens with zero attached hydrogens (tertiary/aromatic N) is 2. The topological polar surface area (TPSA) is 93.9 Å². The van der Waals surface area contributed by atoms with Gasteiger partial charge in [0.05, 0.1) is 12.5 Å². The fourth-order valence-electron chi connectivity index (χ4n) is 3.80. The molecule has 8 nitrogen and oxygen atoms in total. The molecule has 9 heteroatoms. The summed E-state index contributed by atoms with van der Waals surface area (Å²) in [5, 5.41) is 7.48. The van der Waals surface area contributed by atoms with E-state index < -0.39 is 5.92 Å². The quantitative estimate of drug-likeness (QED) is 0.636. The van der Waals surface area contributed by atoms with Crippen LogP contribution in [0.3, 0.4) is 0 Å².